The molecule has 2 heterocycles. The van der Waals surface area contributed by atoms with Gasteiger partial charge in [-0.15, -0.1) is 0 Å². The molecule has 0 spiro atoms. The van der Waals surface area contributed by atoms with Gasteiger partial charge in [0.25, 0.3) is 0 Å². The molecule has 2 aromatic rings. The Morgan fingerprint density at radius 3 is 2.84 bits per heavy atom. The minimum Gasteiger partial charge on any atom is -0.380 e. The second-order valence-electron chi connectivity index (χ2n) is 6.92. The standard InChI is InChI=1S/C21H24N2O2/c1-15-19(10-12-25-15)22-18-8-7-17-9-11-23(20(17)14-18)21(24)13-16-5-3-2-4-6-16/h2-8,14-15,19,22H,9-13H2,1H3. The zero-order valence-electron chi connectivity index (χ0n) is 14.6. The Balaban J connectivity index is 1.50. The molecule has 1 amide bonds. The summed E-state index contributed by atoms with van der Waals surface area (Å²) < 4.78 is 5.63. The van der Waals surface area contributed by atoms with E-state index in [1.54, 1.807) is 0 Å². The molecular weight excluding hydrogens is 312 g/mol. The molecule has 0 saturated carbocycles. The number of hydrogen-bond donors (Lipinski definition) is 1. The lowest BCUT2D eigenvalue weighted by Gasteiger charge is -2.21. The van der Waals surface area contributed by atoms with E-state index in [0.29, 0.717) is 12.5 Å². The Labute approximate surface area is 148 Å². The molecule has 0 aliphatic carbocycles. The van der Waals surface area contributed by atoms with Gasteiger partial charge in [0.05, 0.1) is 18.6 Å². The molecule has 1 fully saturated rings. The van der Waals surface area contributed by atoms with Gasteiger partial charge in [0, 0.05) is 24.5 Å². The lowest BCUT2D eigenvalue weighted by Crippen LogP contribution is -2.30. The van der Waals surface area contributed by atoms with Gasteiger partial charge in [0.2, 0.25) is 5.91 Å². The van der Waals surface area contributed by atoms with Crippen molar-refractivity contribution in [2.24, 2.45) is 0 Å². The number of carbonyl (C=O) groups is 1. The minimum atomic E-state index is 0.166. The zero-order valence-corrected chi connectivity index (χ0v) is 14.6. The maximum Gasteiger partial charge on any atom is 0.231 e. The number of rotatable bonds is 4. The van der Waals surface area contributed by atoms with Crippen LogP contribution >= 0.6 is 0 Å². The SMILES string of the molecule is CC1OCCC1Nc1ccc2c(c1)N(C(=O)Cc1ccccc1)CC2. The van der Waals surface area contributed by atoms with Gasteiger partial charge in [-0.05, 0) is 43.0 Å². The molecule has 2 atom stereocenters. The first-order valence-corrected chi connectivity index (χ1v) is 9.06. The van der Waals surface area contributed by atoms with Gasteiger partial charge in [0.1, 0.15) is 0 Å². The van der Waals surface area contributed by atoms with Crippen LogP contribution in [-0.4, -0.2) is 31.2 Å². The highest BCUT2D eigenvalue weighted by Gasteiger charge is 2.27. The largest absolute Gasteiger partial charge is 0.380 e. The van der Waals surface area contributed by atoms with E-state index in [1.165, 1.54) is 5.56 Å². The molecule has 0 bridgehead atoms. The molecule has 0 radical (unpaired) electrons. The third kappa shape index (κ3) is 3.40. The van der Waals surface area contributed by atoms with Crippen molar-refractivity contribution in [1.29, 1.82) is 0 Å². The fourth-order valence-electron chi connectivity index (χ4n) is 3.73. The van der Waals surface area contributed by atoms with Gasteiger partial charge in [-0.2, -0.15) is 0 Å². The van der Waals surface area contributed by atoms with Gasteiger partial charge < -0.3 is 15.0 Å². The smallest absolute Gasteiger partial charge is 0.231 e. The van der Waals surface area contributed by atoms with Gasteiger partial charge in [-0.25, -0.2) is 0 Å². The molecule has 25 heavy (non-hydrogen) atoms. The van der Waals surface area contributed by atoms with Crippen LogP contribution in [-0.2, 0) is 22.4 Å². The molecule has 130 valence electrons. The Kier molecular flexibility index (Phi) is 4.45. The summed E-state index contributed by atoms with van der Waals surface area (Å²) in [7, 11) is 0. The maximum atomic E-state index is 12.8. The summed E-state index contributed by atoms with van der Waals surface area (Å²) in [6.07, 6.45) is 2.63. The summed E-state index contributed by atoms with van der Waals surface area (Å²) in [6.45, 7) is 3.69. The number of benzene rings is 2. The highest BCUT2D eigenvalue weighted by Crippen LogP contribution is 2.32. The average molecular weight is 336 g/mol. The topological polar surface area (TPSA) is 41.6 Å². The molecule has 4 rings (SSSR count). The fourth-order valence-corrected chi connectivity index (χ4v) is 3.73. The Bertz CT molecular complexity index is 760. The van der Waals surface area contributed by atoms with Crippen molar-refractivity contribution in [3.05, 3.63) is 59.7 Å². The number of anilines is 2. The first-order valence-electron chi connectivity index (χ1n) is 9.06. The third-order valence-corrected chi connectivity index (χ3v) is 5.21. The normalized spacial score (nSPS) is 22.0. The highest BCUT2D eigenvalue weighted by molar-refractivity contribution is 5.97. The minimum absolute atomic E-state index is 0.166. The molecule has 0 aromatic heterocycles. The van der Waals surface area contributed by atoms with E-state index in [4.69, 9.17) is 4.74 Å². The van der Waals surface area contributed by atoms with E-state index in [1.807, 2.05) is 35.2 Å². The number of nitrogens with zero attached hydrogens (tertiary/aromatic N) is 1. The number of nitrogens with one attached hydrogen (secondary N) is 1. The van der Waals surface area contributed by atoms with Crippen molar-refractivity contribution in [2.75, 3.05) is 23.4 Å². The van der Waals surface area contributed by atoms with E-state index in [0.717, 1.165) is 42.9 Å². The van der Waals surface area contributed by atoms with E-state index in [2.05, 4.69) is 30.4 Å². The lowest BCUT2D eigenvalue weighted by molar-refractivity contribution is -0.117. The van der Waals surface area contributed by atoms with Crippen LogP contribution in [0.2, 0.25) is 0 Å². The predicted octanol–water partition coefficient (Wildman–Crippen LogP) is 3.41. The van der Waals surface area contributed by atoms with E-state index in [9.17, 15) is 4.79 Å². The molecule has 2 aromatic carbocycles. The van der Waals surface area contributed by atoms with E-state index in [-0.39, 0.29) is 12.0 Å². The number of carbonyl (C=O) groups excluding carboxylic acids is 1. The van der Waals surface area contributed by atoms with Crippen LogP contribution in [0.25, 0.3) is 0 Å². The van der Waals surface area contributed by atoms with Crippen molar-refractivity contribution in [3.63, 3.8) is 0 Å². The van der Waals surface area contributed by atoms with Crippen LogP contribution in [0.4, 0.5) is 11.4 Å². The van der Waals surface area contributed by atoms with Crippen molar-refractivity contribution in [1.82, 2.24) is 0 Å². The molecule has 4 nitrogen and oxygen atoms in total. The summed E-state index contributed by atoms with van der Waals surface area (Å²) in [6, 6.07) is 16.7. The van der Waals surface area contributed by atoms with Crippen molar-refractivity contribution in [2.45, 2.75) is 38.3 Å². The van der Waals surface area contributed by atoms with Crippen LogP contribution in [0, 0.1) is 0 Å². The molecule has 4 heteroatoms. The zero-order chi connectivity index (χ0) is 17.2. The molecule has 1 saturated heterocycles. The van der Waals surface area contributed by atoms with Crippen LogP contribution in [0.3, 0.4) is 0 Å². The number of fused-ring (bicyclic) bond motifs is 1. The monoisotopic (exact) mass is 336 g/mol. The Morgan fingerprint density at radius 2 is 2.08 bits per heavy atom. The van der Waals surface area contributed by atoms with Crippen molar-refractivity contribution >= 4 is 17.3 Å². The van der Waals surface area contributed by atoms with E-state index < -0.39 is 0 Å². The summed E-state index contributed by atoms with van der Waals surface area (Å²) in [4.78, 5) is 14.7. The van der Waals surface area contributed by atoms with E-state index >= 15 is 0 Å². The molecule has 2 aliphatic heterocycles. The number of hydrogen-bond acceptors (Lipinski definition) is 3. The molecule has 1 N–H and O–H groups in total. The van der Waals surface area contributed by atoms with Crippen LogP contribution < -0.4 is 10.2 Å². The molecule has 2 aliphatic rings. The third-order valence-electron chi connectivity index (χ3n) is 5.21. The van der Waals surface area contributed by atoms with Gasteiger partial charge in [0.15, 0.2) is 0 Å². The van der Waals surface area contributed by atoms with Crippen molar-refractivity contribution in [3.8, 4) is 0 Å². The van der Waals surface area contributed by atoms with Gasteiger partial charge in [-0.3, -0.25) is 4.79 Å². The molecular formula is C21H24N2O2. The Hall–Kier alpha value is -2.33. The number of amides is 1. The first-order chi connectivity index (χ1) is 12.2. The average Bonchev–Trinajstić information content (AvgIpc) is 3.22. The highest BCUT2D eigenvalue weighted by atomic mass is 16.5. The van der Waals surface area contributed by atoms with Crippen LogP contribution in [0.5, 0.6) is 0 Å². The summed E-state index contributed by atoms with van der Waals surface area (Å²) in [5, 5.41) is 3.57. The molecule has 2 unspecified atom stereocenters. The quantitative estimate of drug-likeness (QED) is 0.930. The van der Waals surface area contributed by atoms with Crippen molar-refractivity contribution < 1.29 is 9.53 Å². The summed E-state index contributed by atoms with van der Waals surface area (Å²) in [5.41, 5.74) is 4.44. The van der Waals surface area contributed by atoms with Crippen LogP contribution in [0.1, 0.15) is 24.5 Å². The fraction of sp³-hybridized carbons (Fsp3) is 0.381. The predicted molar refractivity (Wildman–Crippen MR) is 100 cm³/mol. The number of ether oxygens (including phenoxy) is 1. The lowest BCUT2D eigenvalue weighted by atomic mass is 10.1. The Morgan fingerprint density at radius 1 is 1.24 bits per heavy atom. The maximum absolute atomic E-state index is 12.8. The van der Waals surface area contributed by atoms with Gasteiger partial charge >= 0.3 is 0 Å². The summed E-state index contributed by atoms with van der Waals surface area (Å²) in [5.74, 6) is 0.166. The van der Waals surface area contributed by atoms with Crippen LogP contribution in [0.15, 0.2) is 48.5 Å². The first kappa shape index (κ1) is 16.2. The second-order valence-corrected chi connectivity index (χ2v) is 6.92. The second kappa shape index (κ2) is 6.89. The van der Waals surface area contributed by atoms with Gasteiger partial charge in [-0.1, -0.05) is 36.4 Å². The summed E-state index contributed by atoms with van der Waals surface area (Å²) >= 11 is 0.